The number of fused-ring (bicyclic) bond motifs is 3. The van der Waals surface area contributed by atoms with E-state index in [1.807, 2.05) is 0 Å². The van der Waals surface area contributed by atoms with Crippen molar-refractivity contribution >= 4 is 39.5 Å². The van der Waals surface area contributed by atoms with Crippen LogP contribution in [0, 0.1) is 24.0 Å². The Kier molecular flexibility index (Phi) is 8.90. The summed E-state index contributed by atoms with van der Waals surface area (Å²) in [5, 5.41) is 8.73. The number of likely N-dealkylation sites (tertiary alicyclic amines) is 1. The monoisotopic (exact) mass is 722 g/mol. The molecule has 3 fully saturated rings. The van der Waals surface area contributed by atoms with Gasteiger partial charge < -0.3 is 14.5 Å². The van der Waals surface area contributed by atoms with Crippen LogP contribution in [-0.2, 0) is 4.79 Å². The largest absolute Gasteiger partial charge is 0.461 e. The fraction of sp³-hybridized carbons (Fsp3) is 0.333. The zero-order chi connectivity index (χ0) is 36.9. The molecule has 2 unspecified atom stereocenters. The van der Waals surface area contributed by atoms with E-state index in [4.69, 9.17) is 16.1 Å². The van der Waals surface area contributed by atoms with Crippen LogP contribution in [0.15, 0.2) is 60.7 Å². The van der Waals surface area contributed by atoms with Crippen LogP contribution >= 0.6 is 0 Å². The van der Waals surface area contributed by atoms with Gasteiger partial charge in [-0.3, -0.25) is 14.7 Å². The third kappa shape index (κ3) is 6.18. The number of hydrogen-bond donors (Lipinski definition) is 0. The van der Waals surface area contributed by atoms with Gasteiger partial charge in [-0.1, -0.05) is 30.2 Å². The number of ether oxygens (including phenoxy) is 1. The summed E-state index contributed by atoms with van der Waals surface area (Å²) in [6.07, 6.45) is 11.1. The van der Waals surface area contributed by atoms with Crippen LogP contribution in [0.1, 0.15) is 36.9 Å². The molecule has 10 nitrogen and oxygen atoms in total. The lowest BCUT2D eigenvalue weighted by Crippen LogP contribution is -2.43. The topological polar surface area (TPSA) is 100 Å². The van der Waals surface area contributed by atoms with Crippen LogP contribution in [0.5, 0.6) is 6.01 Å². The number of aromatic nitrogens is 5. The summed E-state index contributed by atoms with van der Waals surface area (Å²) in [5.74, 6) is -0.505. The number of nitrogens with zero attached hydrogens (tertiary/aromatic N) is 8. The van der Waals surface area contributed by atoms with Crippen LogP contribution in [-0.4, -0.2) is 98.4 Å². The highest BCUT2D eigenvalue weighted by Crippen LogP contribution is 2.41. The zero-order valence-corrected chi connectivity index (χ0v) is 28.8. The van der Waals surface area contributed by atoms with E-state index in [2.05, 4.69) is 31.0 Å². The van der Waals surface area contributed by atoms with E-state index in [1.54, 1.807) is 42.3 Å². The van der Waals surface area contributed by atoms with Gasteiger partial charge in [-0.25, -0.2) is 17.6 Å². The fourth-order valence-electron chi connectivity index (χ4n) is 8.03. The van der Waals surface area contributed by atoms with E-state index >= 15 is 8.78 Å². The molecule has 3 saturated heterocycles. The van der Waals surface area contributed by atoms with Crippen molar-refractivity contribution in [2.24, 2.45) is 0 Å². The molecule has 0 aliphatic carbocycles. The third-order valence-corrected chi connectivity index (χ3v) is 10.7. The number of pyridine rings is 1. The summed E-state index contributed by atoms with van der Waals surface area (Å²) in [7, 11) is 1.75. The maximum absolute atomic E-state index is 16.9. The Morgan fingerprint density at radius 3 is 2.83 bits per heavy atom. The number of carbonyl (C=O) groups excluding carboxylic acids is 1. The predicted octanol–water partition coefficient (Wildman–Crippen LogP) is 5.90. The average molecular weight is 723 g/mol. The third-order valence-electron chi connectivity index (χ3n) is 10.7. The van der Waals surface area contributed by atoms with Gasteiger partial charge in [0.25, 0.3) is 5.91 Å². The number of rotatable bonds is 8. The SMILES string of the molecule is C#Cc1c(F)ccc2cccc(-c3ncc4c(N(C)C5CCN(C(=O)/C(F)=C/c6cccnn6)C5)nc(OC[C@@]56CCCN5CC(F)C6)nc4c3F)c12. The lowest BCUT2D eigenvalue weighted by molar-refractivity contribution is -0.127. The Morgan fingerprint density at radius 2 is 2.02 bits per heavy atom. The summed E-state index contributed by atoms with van der Waals surface area (Å²) in [6, 6.07) is 10.6. The van der Waals surface area contributed by atoms with Gasteiger partial charge >= 0.3 is 6.01 Å². The van der Waals surface area contributed by atoms with Crippen molar-refractivity contribution in [2.45, 2.75) is 43.4 Å². The number of likely N-dealkylation sites (N-methyl/N-ethyl adjacent to an activating group) is 1. The van der Waals surface area contributed by atoms with Crippen molar-refractivity contribution in [1.29, 1.82) is 0 Å². The maximum atomic E-state index is 16.9. The molecule has 3 atom stereocenters. The summed E-state index contributed by atoms with van der Waals surface area (Å²) >= 11 is 0. The second kappa shape index (κ2) is 13.7. The molecule has 6 heterocycles. The summed E-state index contributed by atoms with van der Waals surface area (Å²) in [6.45, 7) is 1.61. The van der Waals surface area contributed by atoms with Crippen LogP contribution in [0.4, 0.5) is 23.4 Å². The van der Waals surface area contributed by atoms with Gasteiger partial charge in [-0.05, 0) is 49.4 Å². The number of terminal acetylenes is 1. The highest BCUT2D eigenvalue weighted by molar-refractivity contribution is 6.02. The highest BCUT2D eigenvalue weighted by atomic mass is 19.1. The summed E-state index contributed by atoms with van der Waals surface area (Å²) in [5.41, 5.74) is -0.228. The minimum atomic E-state index is -0.976. The molecule has 3 aromatic heterocycles. The van der Waals surface area contributed by atoms with Crippen molar-refractivity contribution in [3.63, 3.8) is 0 Å². The van der Waals surface area contributed by atoms with E-state index in [1.165, 1.54) is 29.4 Å². The van der Waals surface area contributed by atoms with Crippen molar-refractivity contribution in [1.82, 2.24) is 34.9 Å². The standard InChI is InChI=1S/C39H34F4N8O2/c1-3-27-30(41)11-10-23-7-4-9-28(32(23)27)34-33(43)35-29(19-44-34)36(47-38(46-35)53-22-39-13-6-15-51(39)20-24(40)18-39)49(2)26-12-16-50(21-26)37(52)31(42)17-25-8-5-14-45-48-25/h1,4-5,7-11,14,17,19,24,26H,6,12-13,15-16,18,20-22H2,2H3/b31-17-/t24?,26?,39-/m0/s1. The number of hydrogen-bond acceptors (Lipinski definition) is 9. The number of anilines is 1. The van der Waals surface area contributed by atoms with E-state index in [-0.39, 0.29) is 71.0 Å². The second-order valence-corrected chi connectivity index (χ2v) is 13.8. The smallest absolute Gasteiger partial charge is 0.319 e. The first-order valence-corrected chi connectivity index (χ1v) is 17.4. The van der Waals surface area contributed by atoms with Gasteiger partial charge in [0.05, 0.1) is 22.2 Å². The fourth-order valence-corrected chi connectivity index (χ4v) is 8.03. The molecule has 2 aromatic carbocycles. The number of alkyl halides is 1. The van der Waals surface area contributed by atoms with E-state index in [9.17, 15) is 13.6 Å². The first-order valence-electron chi connectivity index (χ1n) is 17.4. The van der Waals surface area contributed by atoms with Crippen LogP contribution < -0.4 is 9.64 Å². The molecule has 0 radical (unpaired) electrons. The predicted molar refractivity (Wildman–Crippen MR) is 191 cm³/mol. The number of amides is 1. The van der Waals surface area contributed by atoms with E-state index < -0.39 is 35.1 Å². The zero-order valence-electron chi connectivity index (χ0n) is 28.8. The molecule has 0 saturated carbocycles. The quantitative estimate of drug-likeness (QED) is 0.110. The minimum Gasteiger partial charge on any atom is -0.461 e. The highest BCUT2D eigenvalue weighted by Gasteiger charge is 2.49. The number of carbonyl (C=O) groups is 1. The normalized spacial score (nSPS) is 21.7. The molecule has 0 spiro atoms. The Morgan fingerprint density at radius 1 is 1.15 bits per heavy atom. The van der Waals surface area contributed by atoms with Crippen molar-refractivity contribution in [2.75, 3.05) is 44.7 Å². The molecule has 3 aliphatic rings. The second-order valence-electron chi connectivity index (χ2n) is 13.8. The number of benzene rings is 2. The molecular formula is C39H34F4N8O2. The Balaban J connectivity index is 1.17. The molecule has 0 bridgehead atoms. The number of halogens is 4. The Bertz CT molecular complexity index is 2320. The van der Waals surface area contributed by atoms with Gasteiger partial charge in [-0.15, -0.1) is 6.42 Å². The summed E-state index contributed by atoms with van der Waals surface area (Å²) < 4.78 is 67.6. The molecule has 5 aromatic rings. The van der Waals surface area contributed by atoms with Crippen molar-refractivity contribution in [3.05, 3.63) is 83.6 Å². The molecule has 53 heavy (non-hydrogen) atoms. The first-order chi connectivity index (χ1) is 25.7. The van der Waals surface area contributed by atoms with Crippen LogP contribution in [0.3, 0.4) is 0 Å². The lowest BCUT2D eigenvalue weighted by atomic mass is 9.95. The van der Waals surface area contributed by atoms with E-state index in [0.29, 0.717) is 30.2 Å². The Hall–Kier alpha value is -5.68. The van der Waals surface area contributed by atoms with Crippen LogP contribution in [0.2, 0.25) is 0 Å². The summed E-state index contributed by atoms with van der Waals surface area (Å²) in [4.78, 5) is 32.1. The molecular weight excluding hydrogens is 688 g/mol. The van der Waals surface area contributed by atoms with Gasteiger partial charge in [-0.2, -0.15) is 20.2 Å². The van der Waals surface area contributed by atoms with Gasteiger partial charge in [0.1, 0.15) is 35.6 Å². The lowest BCUT2D eigenvalue weighted by Gasteiger charge is -2.31. The van der Waals surface area contributed by atoms with Crippen molar-refractivity contribution < 1.29 is 27.1 Å². The average Bonchev–Trinajstić information content (AvgIpc) is 3.89. The molecule has 14 heteroatoms. The molecule has 1 amide bonds. The first kappa shape index (κ1) is 34.4. The van der Waals surface area contributed by atoms with Gasteiger partial charge in [0, 0.05) is 68.6 Å². The molecule has 8 rings (SSSR count). The van der Waals surface area contributed by atoms with E-state index in [0.717, 1.165) is 25.5 Å². The molecule has 0 N–H and O–H groups in total. The Labute approximate surface area is 302 Å². The van der Waals surface area contributed by atoms with Gasteiger partial charge in [0.15, 0.2) is 11.6 Å². The maximum Gasteiger partial charge on any atom is 0.319 e. The van der Waals surface area contributed by atoms with Crippen molar-refractivity contribution in [3.8, 4) is 29.6 Å². The molecule has 270 valence electrons. The van der Waals surface area contributed by atoms with Gasteiger partial charge in [0.2, 0.25) is 0 Å². The van der Waals surface area contributed by atoms with Crippen LogP contribution in [0.25, 0.3) is 39.0 Å². The molecule has 3 aliphatic heterocycles. The minimum absolute atomic E-state index is 0.0158.